The van der Waals surface area contributed by atoms with Gasteiger partial charge in [0.25, 0.3) is 10.0 Å². The van der Waals surface area contributed by atoms with Crippen molar-refractivity contribution in [2.75, 3.05) is 23.9 Å². The summed E-state index contributed by atoms with van der Waals surface area (Å²) in [5.41, 5.74) is 2.11. The van der Waals surface area contributed by atoms with E-state index < -0.39 is 28.5 Å². The monoisotopic (exact) mass is 569 g/mol. The highest BCUT2D eigenvalue weighted by atomic mass is 35.5. The fraction of sp³-hybridized carbons (Fsp3) is 0.333. The normalized spacial score (nSPS) is 12.0. The molecular formula is C30H36ClN3O4S. The number of carbonyl (C=O) groups is 2. The largest absolute Gasteiger partial charge is 0.354 e. The molecule has 0 aromatic heterocycles. The predicted molar refractivity (Wildman–Crippen MR) is 156 cm³/mol. The molecule has 0 aliphatic heterocycles. The zero-order valence-electron chi connectivity index (χ0n) is 22.6. The zero-order valence-corrected chi connectivity index (χ0v) is 24.2. The Bertz CT molecular complexity index is 1350. The Morgan fingerprint density at radius 3 is 2.18 bits per heavy atom. The van der Waals surface area contributed by atoms with E-state index in [-0.39, 0.29) is 17.3 Å². The topological polar surface area (TPSA) is 86.8 Å². The van der Waals surface area contributed by atoms with E-state index in [1.54, 1.807) is 25.1 Å². The maximum Gasteiger partial charge on any atom is 0.264 e. The lowest BCUT2D eigenvalue weighted by molar-refractivity contribution is -0.139. The Kier molecular flexibility index (Phi) is 10.9. The molecule has 0 aliphatic rings. The van der Waals surface area contributed by atoms with Gasteiger partial charge < -0.3 is 10.2 Å². The van der Waals surface area contributed by atoms with Crippen molar-refractivity contribution in [3.8, 4) is 0 Å². The first-order chi connectivity index (χ1) is 18.7. The summed E-state index contributed by atoms with van der Waals surface area (Å²) in [6, 6.07) is 21.8. The lowest BCUT2D eigenvalue weighted by atomic mass is 10.1. The van der Waals surface area contributed by atoms with E-state index in [0.717, 1.165) is 16.3 Å². The summed E-state index contributed by atoms with van der Waals surface area (Å²) in [5.74, 6) is -0.700. The van der Waals surface area contributed by atoms with Gasteiger partial charge in [0, 0.05) is 18.1 Å². The molecule has 0 saturated heterocycles. The molecule has 1 atom stereocenters. The number of nitrogens with zero attached hydrogens (tertiary/aromatic N) is 2. The van der Waals surface area contributed by atoms with E-state index in [1.807, 2.05) is 50.2 Å². The van der Waals surface area contributed by atoms with Crippen LogP contribution in [0.4, 0.5) is 5.69 Å². The lowest BCUT2D eigenvalue weighted by Gasteiger charge is -2.33. The molecule has 0 bridgehead atoms. The second-order valence-corrected chi connectivity index (χ2v) is 11.6. The number of benzene rings is 3. The first kappa shape index (κ1) is 30.2. The standard InChI is InChI=1S/C30H36ClN3O4S/c1-4-20-32-30(36)27(5-2)33(21-19-24-12-7-6-8-13-24)29(35)22-34(28-14-10-9-11-23(28)3)39(37,38)26-17-15-25(31)16-18-26/h6-18,27H,4-5,19-22H2,1-3H3,(H,32,36). The van der Waals surface area contributed by atoms with E-state index in [1.165, 1.54) is 29.2 Å². The van der Waals surface area contributed by atoms with E-state index in [9.17, 15) is 18.0 Å². The number of hydrogen-bond acceptors (Lipinski definition) is 4. The third kappa shape index (κ3) is 7.83. The molecule has 0 radical (unpaired) electrons. The van der Waals surface area contributed by atoms with Crippen molar-refractivity contribution in [2.45, 2.75) is 51.0 Å². The third-order valence-electron chi connectivity index (χ3n) is 6.48. The maximum absolute atomic E-state index is 14.0. The van der Waals surface area contributed by atoms with Gasteiger partial charge in [0.05, 0.1) is 10.6 Å². The van der Waals surface area contributed by atoms with E-state index in [4.69, 9.17) is 11.6 Å². The third-order valence-corrected chi connectivity index (χ3v) is 8.51. The summed E-state index contributed by atoms with van der Waals surface area (Å²) in [4.78, 5) is 28.6. The molecule has 1 unspecified atom stereocenters. The summed E-state index contributed by atoms with van der Waals surface area (Å²) in [6.45, 7) is 5.91. The molecule has 3 rings (SSSR count). The Hall–Kier alpha value is -3.36. The molecule has 0 spiro atoms. The fourth-order valence-corrected chi connectivity index (χ4v) is 5.96. The molecule has 0 heterocycles. The Labute approximate surface area is 236 Å². The fourth-order valence-electron chi connectivity index (χ4n) is 4.35. The zero-order chi connectivity index (χ0) is 28.4. The molecule has 3 aromatic rings. The van der Waals surface area contributed by atoms with Crippen LogP contribution in [-0.4, -0.2) is 50.8 Å². The lowest BCUT2D eigenvalue weighted by Crippen LogP contribution is -2.53. The van der Waals surface area contributed by atoms with Crippen LogP contribution in [0.5, 0.6) is 0 Å². The minimum Gasteiger partial charge on any atom is -0.354 e. The highest BCUT2D eigenvalue weighted by Gasteiger charge is 2.33. The van der Waals surface area contributed by atoms with Gasteiger partial charge >= 0.3 is 0 Å². The van der Waals surface area contributed by atoms with Crippen LogP contribution in [0, 0.1) is 6.92 Å². The van der Waals surface area contributed by atoms with Gasteiger partial charge in [-0.25, -0.2) is 8.42 Å². The number of hydrogen-bond donors (Lipinski definition) is 1. The van der Waals surface area contributed by atoms with Crippen LogP contribution >= 0.6 is 11.6 Å². The molecule has 208 valence electrons. The van der Waals surface area contributed by atoms with Gasteiger partial charge in [-0.05, 0) is 67.6 Å². The summed E-state index contributed by atoms with van der Waals surface area (Å²) >= 11 is 6.00. The predicted octanol–water partition coefficient (Wildman–Crippen LogP) is 5.22. The van der Waals surface area contributed by atoms with Crippen LogP contribution in [0.2, 0.25) is 5.02 Å². The van der Waals surface area contributed by atoms with Crippen molar-refractivity contribution in [3.63, 3.8) is 0 Å². The molecule has 9 heteroatoms. The van der Waals surface area contributed by atoms with Gasteiger partial charge in [-0.15, -0.1) is 0 Å². The number of carbonyl (C=O) groups excluding carboxylic acids is 2. The maximum atomic E-state index is 14.0. The van der Waals surface area contributed by atoms with Crippen molar-refractivity contribution in [2.24, 2.45) is 0 Å². The van der Waals surface area contributed by atoms with Crippen molar-refractivity contribution < 1.29 is 18.0 Å². The van der Waals surface area contributed by atoms with Gasteiger partial charge in [0.1, 0.15) is 12.6 Å². The van der Waals surface area contributed by atoms with E-state index >= 15 is 0 Å². The number of halogens is 1. The van der Waals surface area contributed by atoms with Crippen molar-refractivity contribution in [1.82, 2.24) is 10.2 Å². The summed E-state index contributed by atoms with van der Waals surface area (Å²) in [6.07, 6.45) is 1.68. The van der Waals surface area contributed by atoms with Crippen LogP contribution in [0.3, 0.4) is 0 Å². The minimum atomic E-state index is -4.13. The van der Waals surface area contributed by atoms with Gasteiger partial charge in [-0.2, -0.15) is 0 Å². The minimum absolute atomic E-state index is 0.0199. The van der Waals surface area contributed by atoms with Crippen molar-refractivity contribution in [1.29, 1.82) is 0 Å². The van der Waals surface area contributed by atoms with Crippen LogP contribution in [-0.2, 0) is 26.0 Å². The number of anilines is 1. The number of aryl methyl sites for hydroxylation is 1. The first-order valence-corrected chi connectivity index (χ1v) is 15.0. The summed E-state index contributed by atoms with van der Waals surface area (Å²) in [7, 11) is -4.13. The second kappa shape index (κ2) is 14.1. The number of nitrogens with one attached hydrogen (secondary N) is 1. The number of sulfonamides is 1. The summed E-state index contributed by atoms with van der Waals surface area (Å²) < 4.78 is 28.9. The molecule has 3 aromatic carbocycles. The molecule has 39 heavy (non-hydrogen) atoms. The molecule has 0 fully saturated rings. The van der Waals surface area contributed by atoms with Crippen LogP contribution < -0.4 is 9.62 Å². The summed E-state index contributed by atoms with van der Waals surface area (Å²) in [5, 5.41) is 3.30. The van der Waals surface area contributed by atoms with E-state index in [0.29, 0.717) is 35.7 Å². The second-order valence-electron chi connectivity index (χ2n) is 9.29. The van der Waals surface area contributed by atoms with Crippen LogP contribution in [0.1, 0.15) is 37.8 Å². The molecule has 0 aliphatic carbocycles. The van der Waals surface area contributed by atoms with Crippen LogP contribution in [0.15, 0.2) is 83.8 Å². The van der Waals surface area contributed by atoms with Crippen molar-refractivity contribution >= 4 is 39.1 Å². The van der Waals surface area contributed by atoms with Gasteiger partial charge in [-0.3, -0.25) is 13.9 Å². The molecule has 7 nitrogen and oxygen atoms in total. The average Bonchev–Trinajstić information content (AvgIpc) is 2.93. The number of para-hydroxylation sites is 1. The number of amides is 2. The SMILES string of the molecule is CCCNC(=O)C(CC)N(CCc1ccccc1)C(=O)CN(c1ccccc1C)S(=O)(=O)c1ccc(Cl)cc1. The van der Waals surface area contributed by atoms with Crippen molar-refractivity contribution in [3.05, 3.63) is 95.0 Å². The molecule has 1 N–H and O–H groups in total. The van der Waals surface area contributed by atoms with Gasteiger partial charge in [0.15, 0.2) is 0 Å². The quantitative estimate of drug-likeness (QED) is 0.306. The molecule has 2 amide bonds. The van der Waals surface area contributed by atoms with Gasteiger partial charge in [-0.1, -0.05) is 74.0 Å². The van der Waals surface area contributed by atoms with Crippen LogP contribution in [0.25, 0.3) is 0 Å². The number of rotatable bonds is 13. The van der Waals surface area contributed by atoms with Gasteiger partial charge in [0.2, 0.25) is 11.8 Å². The Morgan fingerprint density at radius 2 is 1.56 bits per heavy atom. The first-order valence-electron chi connectivity index (χ1n) is 13.1. The Balaban J connectivity index is 2.01. The molecular weight excluding hydrogens is 534 g/mol. The highest BCUT2D eigenvalue weighted by Crippen LogP contribution is 2.28. The Morgan fingerprint density at radius 1 is 0.923 bits per heavy atom. The molecule has 0 saturated carbocycles. The smallest absolute Gasteiger partial charge is 0.264 e. The highest BCUT2D eigenvalue weighted by molar-refractivity contribution is 7.92. The average molecular weight is 570 g/mol. The van der Waals surface area contributed by atoms with E-state index in [2.05, 4.69) is 5.32 Å².